The summed E-state index contributed by atoms with van der Waals surface area (Å²) in [7, 11) is 0. The van der Waals surface area contributed by atoms with Crippen molar-refractivity contribution in [2.24, 2.45) is 5.92 Å². The van der Waals surface area contributed by atoms with Crippen molar-refractivity contribution in [1.82, 2.24) is 0 Å². The van der Waals surface area contributed by atoms with Gasteiger partial charge in [0.2, 0.25) is 0 Å². The second kappa shape index (κ2) is 9.62. The second-order valence-electron chi connectivity index (χ2n) is 5.67. The molecule has 0 aromatic heterocycles. The molecule has 0 aliphatic heterocycles. The highest BCUT2D eigenvalue weighted by Crippen LogP contribution is 2.32. The molecule has 0 spiro atoms. The van der Waals surface area contributed by atoms with Crippen LogP contribution in [0, 0.1) is 5.92 Å². The first kappa shape index (κ1) is 18.7. The summed E-state index contributed by atoms with van der Waals surface area (Å²) in [6.07, 6.45) is 0.311. The summed E-state index contributed by atoms with van der Waals surface area (Å²) in [5, 5.41) is 0. The highest BCUT2D eigenvalue weighted by molar-refractivity contribution is 5.95. The third kappa shape index (κ3) is 5.18. The zero-order valence-corrected chi connectivity index (χ0v) is 14.7. The quantitative estimate of drug-likeness (QED) is 0.539. The van der Waals surface area contributed by atoms with E-state index in [1.165, 1.54) is 0 Å². The molecule has 0 bridgehead atoms. The molecule has 4 heteroatoms. The SMILES string of the molecule is CCOC(=O)C(CC(c1ccccc1)c1ccccc1)C(=O)OCC. The first-order chi connectivity index (χ1) is 12.2. The number of esters is 2. The Morgan fingerprint density at radius 2 is 1.16 bits per heavy atom. The van der Waals surface area contributed by atoms with E-state index in [0.717, 1.165) is 11.1 Å². The van der Waals surface area contributed by atoms with Gasteiger partial charge in [0, 0.05) is 5.92 Å². The van der Waals surface area contributed by atoms with Crippen molar-refractivity contribution < 1.29 is 19.1 Å². The Labute approximate surface area is 148 Å². The number of ether oxygens (including phenoxy) is 2. The van der Waals surface area contributed by atoms with E-state index < -0.39 is 17.9 Å². The van der Waals surface area contributed by atoms with Gasteiger partial charge in [-0.3, -0.25) is 9.59 Å². The number of hydrogen-bond acceptors (Lipinski definition) is 4. The molecule has 2 aromatic rings. The number of hydrogen-bond donors (Lipinski definition) is 0. The summed E-state index contributed by atoms with van der Waals surface area (Å²) in [4.78, 5) is 24.7. The van der Waals surface area contributed by atoms with E-state index in [9.17, 15) is 9.59 Å². The predicted octanol–water partition coefficient (Wildman–Crippen LogP) is 3.95. The average molecular weight is 340 g/mol. The fraction of sp³-hybridized carbons (Fsp3) is 0.333. The second-order valence-corrected chi connectivity index (χ2v) is 5.67. The van der Waals surface area contributed by atoms with Gasteiger partial charge in [-0.25, -0.2) is 0 Å². The number of benzene rings is 2. The fourth-order valence-corrected chi connectivity index (χ4v) is 2.85. The molecule has 0 saturated heterocycles. The maximum atomic E-state index is 12.3. The lowest BCUT2D eigenvalue weighted by molar-refractivity contribution is -0.162. The molecule has 2 rings (SSSR count). The average Bonchev–Trinajstić information content (AvgIpc) is 2.64. The van der Waals surface area contributed by atoms with Crippen molar-refractivity contribution in [2.75, 3.05) is 13.2 Å². The number of rotatable bonds is 8. The third-order valence-electron chi connectivity index (χ3n) is 4.02. The van der Waals surface area contributed by atoms with Gasteiger partial charge in [-0.05, 0) is 31.4 Å². The van der Waals surface area contributed by atoms with E-state index in [1.807, 2.05) is 60.7 Å². The number of carbonyl (C=O) groups excluding carboxylic acids is 2. The zero-order valence-electron chi connectivity index (χ0n) is 14.7. The summed E-state index contributed by atoms with van der Waals surface area (Å²) >= 11 is 0. The van der Waals surface area contributed by atoms with E-state index in [-0.39, 0.29) is 19.1 Å². The van der Waals surface area contributed by atoms with E-state index in [2.05, 4.69) is 0 Å². The predicted molar refractivity (Wildman–Crippen MR) is 96.1 cm³/mol. The molecule has 4 nitrogen and oxygen atoms in total. The Balaban J connectivity index is 2.35. The molecule has 0 N–H and O–H groups in total. The third-order valence-corrected chi connectivity index (χ3v) is 4.02. The van der Waals surface area contributed by atoms with Crippen LogP contribution in [0.15, 0.2) is 60.7 Å². The van der Waals surface area contributed by atoms with Gasteiger partial charge in [0.25, 0.3) is 0 Å². The van der Waals surface area contributed by atoms with Crippen LogP contribution in [0.3, 0.4) is 0 Å². The van der Waals surface area contributed by atoms with Crippen LogP contribution in [0.2, 0.25) is 0 Å². The molecular formula is C21H24O4. The highest BCUT2D eigenvalue weighted by Gasteiger charge is 2.33. The van der Waals surface area contributed by atoms with Gasteiger partial charge < -0.3 is 9.47 Å². The largest absolute Gasteiger partial charge is 0.465 e. The molecule has 25 heavy (non-hydrogen) atoms. The Morgan fingerprint density at radius 1 is 0.760 bits per heavy atom. The molecule has 0 radical (unpaired) electrons. The molecule has 0 heterocycles. The normalized spacial score (nSPS) is 10.7. The summed E-state index contributed by atoms with van der Waals surface area (Å²) in [5.74, 6) is -2.10. The summed E-state index contributed by atoms with van der Waals surface area (Å²) in [6, 6.07) is 19.7. The first-order valence-electron chi connectivity index (χ1n) is 8.60. The van der Waals surface area contributed by atoms with Crippen LogP contribution in [0.25, 0.3) is 0 Å². The molecule has 2 aromatic carbocycles. The minimum absolute atomic E-state index is 0.0961. The summed E-state index contributed by atoms with van der Waals surface area (Å²) in [6.45, 7) is 3.92. The molecular weight excluding hydrogens is 316 g/mol. The lowest BCUT2D eigenvalue weighted by Crippen LogP contribution is -2.30. The molecule has 0 saturated carbocycles. The van der Waals surface area contributed by atoms with Crippen LogP contribution < -0.4 is 0 Å². The van der Waals surface area contributed by atoms with Crippen LogP contribution >= 0.6 is 0 Å². The van der Waals surface area contributed by atoms with E-state index in [0.29, 0.717) is 6.42 Å². The van der Waals surface area contributed by atoms with Gasteiger partial charge >= 0.3 is 11.9 Å². The van der Waals surface area contributed by atoms with Crippen molar-refractivity contribution in [3.8, 4) is 0 Å². The molecule has 0 amide bonds. The van der Waals surface area contributed by atoms with Crippen LogP contribution in [0.1, 0.15) is 37.3 Å². The first-order valence-corrected chi connectivity index (χ1v) is 8.60. The minimum Gasteiger partial charge on any atom is -0.465 e. The molecule has 0 aliphatic rings. The molecule has 132 valence electrons. The lowest BCUT2D eigenvalue weighted by atomic mass is 9.83. The molecule has 0 fully saturated rings. The Hall–Kier alpha value is -2.62. The van der Waals surface area contributed by atoms with Crippen molar-refractivity contribution in [3.63, 3.8) is 0 Å². The summed E-state index contributed by atoms with van der Waals surface area (Å²) in [5.41, 5.74) is 2.10. The molecule has 0 unspecified atom stereocenters. The Bertz CT molecular complexity index is 609. The van der Waals surface area contributed by atoms with Crippen LogP contribution in [0.5, 0.6) is 0 Å². The fourth-order valence-electron chi connectivity index (χ4n) is 2.85. The zero-order chi connectivity index (χ0) is 18.1. The van der Waals surface area contributed by atoms with Gasteiger partial charge in [-0.15, -0.1) is 0 Å². The van der Waals surface area contributed by atoms with Gasteiger partial charge in [0.05, 0.1) is 13.2 Å². The van der Waals surface area contributed by atoms with Crippen LogP contribution in [0.4, 0.5) is 0 Å². The van der Waals surface area contributed by atoms with Crippen molar-refractivity contribution in [2.45, 2.75) is 26.2 Å². The van der Waals surface area contributed by atoms with E-state index >= 15 is 0 Å². The Kier molecular flexibility index (Phi) is 7.20. The van der Waals surface area contributed by atoms with Gasteiger partial charge in [0.15, 0.2) is 5.92 Å². The highest BCUT2D eigenvalue weighted by atomic mass is 16.6. The maximum Gasteiger partial charge on any atom is 0.320 e. The van der Waals surface area contributed by atoms with E-state index in [4.69, 9.17) is 9.47 Å². The standard InChI is InChI=1S/C21H24O4/c1-3-24-20(22)19(21(23)25-4-2)15-18(16-11-7-5-8-12-16)17-13-9-6-10-14-17/h5-14,18-19H,3-4,15H2,1-2H3. The minimum atomic E-state index is -0.940. The van der Waals surface area contributed by atoms with Crippen molar-refractivity contribution in [3.05, 3.63) is 71.8 Å². The Morgan fingerprint density at radius 3 is 1.52 bits per heavy atom. The van der Waals surface area contributed by atoms with Crippen LogP contribution in [-0.4, -0.2) is 25.2 Å². The maximum absolute atomic E-state index is 12.3. The van der Waals surface area contributed by atoms with Gasteiger partial charge in [-0.1, -0.05) is 60.7 Å². The lowest BCUT2D eigenvalue weighted by Gasteiger charge is -2.22. The molecule has 0 aliphatic carbocycles. The van der Waals surface area contributed by atoms with Crippen molar-refractivity contribution >= 4 is 11.9 Å². The topological polar surface area (TPSA) is 52.6 Å². The molecule has 0 atom stereocenters. The van der Waals surface area contributed by atoms with Gasteiger partial charge in [0.1, 0.15) is 0 Å². The summed E-state index contributed by atoms with van der Waals surface area (Å²) < 4.78 is 10.2. The van der Waals surface area contributed by atoms with Gasteiger partial charge in [-0.2, -0.15) is 0 Å². The monoisotopic (exact) mass is 340 g/mol. The van der Waals surface area contributed by atoms with Crippen LogP contribution in [-0.2, 0) is 19.1 Å². The van der Waals surface area contributed by atoms with E-state index in [1.54, 1.807) is 13.8 Å². The van der Waals surface area contributed by atoms with Crippen molar-refractivity contribution in [1.29, 1.82) is 0 Å². The number of carbonyl (C=O) groups is 2. The smallest absolute Gasteiger partial charge is 0.320 e.